The lowest BCUT2D eigenvalue weighted by Gasteiger charge is -2.18. The first kappa shape index (κ1) is 15.3. The first-order chi connectivity index (χ1) is 12.1. The van der Waals surface area contributed by atoms with Gasteiger partial charge in [-0.3, -0.25) is 20.2 Å². The Morgan fingerprint density at radius 1 is 1.16 bits per heavy atom. The van der Waals surface area contributed by atoms with Crippen LogP contribution in [-0.4, -0.2) is 29.0 Å². The third-order valence-corrected chi connectivity index (χ3v) is 4.56. The minimum atomic E-state index is -0.480. The standard InChI is InChI=1S/C16H11N3O5S/c20-15(9-1-3-12-13(7-9)24-6-5-23-12)18-16-17-11-8-10(19(21)22)2-4-14(11)25-16/h1-4,7-8H,5-6H2,(H,17,18,20). The number of hydrogen-bond acceptors (Lipinski definition) is 7. The van der Waals surface area contributed by atoms with Crippen molar-refractivity contribution in [1.82, 2.24) is 4.98 Å². The van der Waals surface area contributed by atoms with E-state index in [2.05, 4.69) is 10.3 Å². The van der Waals surface area contributed by atoms with Gasteiger partial charge in [0, 0.05) is 17.7 Å². The van der Waals surface area contributed by atoms with Crippen molar-refractivity contribution < 1.29 is 19.2 Å². The molecule has 25 heavy (non-hydrogen) atoms. The van der Waals surface area contributed by atoms with Gasteiger partial charge in [0.2, 0.25) is 0 Å². The summed E-state index contributed by atoms with van der Waals surface area (Å²) in [5.74, 6) is 0.791. The predicted octanol–water partition coefficient (Wildman–Crippen LogP) is 3.23. The number of aromatic nitrogens is 1. The van der Waals surface area contributed by atoms with Gasteiger partial charge in [-0.15, -0.1) is 0 Å². The Morgan fingerprint density at radius 2 is 1.96 bits per heavy atom. The van der Waals surface area contributed by atoms with Crippen LogP contribution < -0.4 is 14.8 Å². The Morgan fingerprint density at radius 3 is 2.76 bits per heavy atom. The molecule has 1 aromatic heterocycles. The highest BCUT2D eigenvalue weighted by Gasteiger charge is 2.17. The molecule has 0 saturated heterocycles. The van der Waals surface area contributed by atoms with Gasteiger partial charge in [0.25, 0.3) is 11.6 Å². The molecule has 0 fully saturated rings. The lowest BCUT2D eigenvalue weighted by molar-refractivity contribution is -0.384. The molecule has 4 rings (SSSR count). The van der Waals surface area contributed by atoms with Gasteiger partial charge in [-0.2, -0.15) is 0 Å². The molecule has 1 aliphatic rings. The number of carbonyl (C=O) groups is 1. The van der Waals surface area contributed by atoms with Gasteiger partial charge in [-0.1, -0.05) is 11.3 Å². The van der Waals surface area contributed by atoms with Crippen LogP contribution in [0.5, 0.6) is 11.5 Å². The zero-order valence-electron chi connectivity index (χ0n) is 12.7. The molecule has 3 aromatic rings. The second-order valence-electron chi connectivity index (χ2n) is 5.24. The molecule has 0 unspecified atom stereocenters. The van der Waals surface area contributed by atoms with Crippen LogP contribution >= 0.6 is 11.3 Å². The quantitative estimate of drug-likeness (QED) is 0.570. The van der Waals surface area contributed by atoms with E-state index in [1.165, 1.54) is 23.5 Å². The maximum absolute atomic E-state index is 12.4. The van der Waals surface area contributed by atoms with E-state index in [1.54, 1.807) is 24.3 Å². The molecule has 1 amide bonds. The number of hydrogen-bond donors (Lipinski definition) is 1. The Kier molecular flexibility index (Phi) is 3.69. The molecule has 0 atom stereocenters. The molecule has 1 N–H and O–H groups in total. The van der Waals surface area contributed by atoms with Crippen molar-refractivity contribution in [2.75, 3.05) is 18.5 Å². The summed E-state index contributed by atoms with van der Waals surface area (Å²) in [5, 5.41) is 13.9. The fraction of sp³-hybridized carbons (Fsp3) is 0.125. The number of nitro benzene ring substituents is 1. The summed E-state index contributed by atoms with van der Waals surface area (Å²) >= 11 is 1.25. The molecular weight excluding hydrogens is 346 g/mol. The summed E-state index contributed by atoms with van der Waals surface area (Å²) in [5.41, 5.74) is 0.841. The number of thiazole rings is 1. The van der Waals surface area contributed by atoms with Crippen LogP contribution in [0.1, 0.15) is 10.4 Å². The van der Waals surface area contributed by atoms with Crippen molar-refractivity contribution >= 4 is 38.3 Å². The van der Waals surface area contributed by atoms with E-state index < -0.39 is 4.92 Å². The summed E-state index contributed by atoms with van der Waals surface area (Å²) in [6.07, 6.45) is 0. The van der Waals surface area contributed by atoms with E-state index in [1.807, 2.05) is 0 Å². The molecule has 9 heteroatoms. The van der Waals surface area contributed by atoms with E-state index >= 15 is 0 Å². The summed E-state index contributed by atoms with van der Waals surface area (Å²) in [7, 11) is 0. The smallest absolute Gasteiger partial charge is 0.271 e. The molecule has 8 nitrogen and oxygen atoms in total. The van der Waals surface area contributed by atoms with Crippen LogP contribution in [0.25, 0.3) is 10.2 Å². The third-order valence-electron chi connectivity index (χ3n) is 3.61. The Balaban J connectivity index is 1.58. The van der Waals surface area contributed by atoms with Crippen LogP contribution in [0.15, 0.2) is 36.4 Å². The van der Waals surface area contributed by atoms with E-state index in [0.717, 1.165) is 4.70 Å². The second kappa shape index (κ2) is 6.02. The highest BCUT2D eigenvalue weighted by atomic mass is 32.1. The number of ether oxygens (including phenoxy) is 2. The Bertz CT molecular complexity index is 1000. The van der Waals surface area contributed by atoms with Gasteiger partial charge in [0.15, 0.2) is 16.6 Å². The van der Waals surface area contributed by atoms with Crippen LogP contribution in [0.3, 0.4) is 0 Å². The highest BCUT2D eigenvalue weighted by Crippen LogP contribution is 2.32. The highest BCUT2D eigenvalue weighted by molar-refractivity contribution is 7.22. The SMILES string of the molecule is O=C(Nc1nc2cc([N+](=O)[O-])ccc2s1)c1ccc2c(c1)OCCO2. The summed E-state index contributed by atoms with van der Waals surface area (Å²) in [6.45, 7) is 0.922. The van der Waals surface area contributed by atoms with Crippen LogP contribution in [-0.2, 0) is 0 Å². The third kappa shape index (κ3) is 2.96. The number of nitrogens with one attached hydrogen (secondary N) is 1. The van der Waals surface area contributed by atoms with Gasteiger partial charge in [0.05, 0.1) is 15.1 Å². The maximum atomic E-state index is 12.4. The average molecular weight is 357 g/mol. The minimum absolute atomic E-state index is 0.0393. The molecule has 0 bridgehead atoms. The monoisotopic (exact) mass is 357 g/mol. The van der Waals surface area contributed by atoms with Crippen molar-refractivity contribution in [2.24, 2.45) is 0 Å². The fourth-order valence-corrected chi connectivity index (χ4v) is 3.28. The number of anilines is 1. The predicted molar refractivity (Wildman–Crippen MR) is 91.7 cm³/mol. The zero-order valence-corrected chi connectivity index (χ0v) is 13.5. The summed E-state index contributed by atoms with van der Waals surface area (Å²) < 4.78 is 11.6. The fourth-order valence-electron chi connectivity index (χ4n) is 2.44. The first-order valence-electron chi connectivity index (χ1n) is 7.36. The molecule has 2 heterocycles. The van der Waals surface area contributed by atoms with Crippen molar-refractivity contribution in [3.63, 3.8) is 0 Å². The molecule has 1 aliphatic heterocycles. The van der Waals surface area contributed by atoms with E-state index in [0.29, 0.717) is 40.9 Å². The average Bonchev–Trinajstić information content (AvgIpc) is 3.02. The van der Waals surface area contributed by atoms with Gasteiger partial charge < -0.3 is 9.47 Å². The van der Waals surface area contributed by atoms with Gasteiger partial charge >= 0.3 is 0 Å². The number of fused-ring (bicyclic) bond motifs is 2. The second-order valence-corrected chi connectivity index (χ2v) is 6.27. The largest absolute Gasteiger partial charge is 0.486 e. The Hall–Kier alpha value is -3.20. The number of nitrogens with zero attached hydrogens (tertiary/aromatic N) is 2. The molecule has 0 spiro atoms. The molecule has 0 aliphatic carbocycles. The van der Waals surface area contributed by atoms with E-state index in [-0.39, 0.29) is 11.6 Å². The minimum Gasteiger partial charge on any atom is -0.486 e. The van der Waals surface area contributed by atoms with Crippen molar-refractivity contribution in [1.29, 1.82) is 0 Å². The molecule has 126 valence electrons. The number of amides is 1. The summed E-state index contributed by atoms with van der Waals surface area (Å²) in [4.78, 5) is 27.0. The maximum Gasteiger partial charge on any atom is 0.271 e. The number of benzene rings is 2. The number of carbonyl (C=O) groups excluding carboxylic acids is 1. The van der Waals surface area contributed by atoms with Gasteiger partial charge in [0.1, 0.15) is 13.2 Å². The molecule has 2 aromatic carbocycles. The van der Waals surface area contributed by atoms with Crippen LogP contribution in [0.4, 0.5) is 10.8 Å². The van der Waals surface area contributed by atoms with Crippen LogP contribution in [0, 0.1) is 10.1 Å². The van der Waals surface area contributed by atoms with Crippen molar-refractivity contribution in [2.45, 2.75) is 0 Å². The molecule has 0 radical (unpaired) electrons. The van der Waals surface area contributed by atoms with Crippen molar-refractivity contribution in [3.8, 4) is 11.5 Å². The topological polar surface area (TPSA) is 104 Å². The van der Waals surface area contributed by atoms with Crippen molar-refractivity contribution in [3.05, 3.63) is 52.1 Å². The normalized spacial score (nSPS) is 12.8. The number of rotatable bonds is 3. The lowest BCUT2D eigenvalue weighted by atomic mass is 10.2. The van der Waals surface area contributed by atoms with Gasteiger partial charge in [-0.05, 0) is 24.3 Å². The zero-order chi connectivity index (χ0) is 17.4. The number of nitro groups is 1. The first-order valence-corrected chi connectivity index (χ1v) is 8.18. The van der Waals surface area contributed by atoms with Gasteiger partial charge in [-0.25, -0.2) is 4.98 Å². The number of non-ortho nitro benzene ring substituents is 1. The van der Waals surface area contributed by atoms with Crippen LogP contribution in [0.2, 0.25) is 0 Å². The molecule has 0 saturated carbocycles. The Labute approximate surface area is 145 Å². The van der Waals surface area contributed by atoms with E-state index in [4.69, 9.17) is 9.47 Å². The molecular formula is C16H11N3O5S. The lowest BCUT2D eigenvalue weighted by Crippen LogP contribution is -2.17. The van der Waals surface area contributed by atoms with E-state index in [9.17, 15) is 14.9 Å². The summed E-state index contributed by atoms with van der Waals surface area (Å²) in [6, 6.07) is 9.34.